The zero-order valence-corrected chi connectivity index (χ0v) is 31.0. The molecule has 6 heteroatoms. The van der Waals surface area contributed by atoms with E-state index in [2.05, 4.69) is 124 Å². The van der Waals surface area contributed by atoms with Crippen LogP contribution in [0, 0.1) is 24.2 Å². The van der Waals surface area contributed by atoms with Crippen molar-refractivity contribution in [1.29, 1.82) is 0 Å². The number of thiazole rings is 1. The second-order valence-corrected chi connectivity index (χ2v) is 17.9. The highest BCUT2D eigenvalue weighted by Gasteiger charge is 2.31. The number of likely N-dealkylation sites (tertiary alicyclic amines) is 1. The van der Waals surface area contributed by atoms with Gasteiger partial charge in [0.15, 0.2) is 11.6 Å². The molecule has 1 aliphatic heterocycles. The summed E-state index contributed by atoms with van der Waals surface area (Å²) in [4.78, 5) is 13.3. The Hall–Kier alpha value is -2.88. The lowest BCUT2D eigenvalue weighted by atomic mass is 9.72. The number of rotatable bonds is 5. The molecule has 0 unspecified atom stereocenters. The van der Waals surface area contributed by atoms with Crippen LogP contribution in [0.15, 0.2) is 24.4 Å². The number of pyridine rings is 1. The summed E-state index contributed by atoms with van der Waals surface area (Å²) in [5.74, 6) is 8.37. The Morgan fingerprint density at radius 1 is 0.933 bits per heavy atom. The van der Waals surface area contributed by atoms with Gasteiger partial charge in [-0.05, 0) is 120 Å². The zero-order chi connectivity index (χ0) is 33.5. The smallest absolute Gasteiger partial charge is 0.166 e. The van der Waals surface area contributed by atoms with Crippen molar-refractivity contribution in [2.45, 2.75) is 132 Å². The van der Waals surface area contributed by atoms with Gasteiger partial charge >= 0.3 is 0 Å². The minimum atomic E-state index is -0.0831. The maximum absolute atomic E-state index is 6.54. The van der Waals surface area contributed by atoms with Gasteiger partial charge < -0.3 is 10.5 Å². The number of nitrogens with zero attached hydrogens (tertiary/aromatic N) is 3. The third kappa shape index (κ3) is 8.69. The highest BCUT2D eigenvalue weighted by atomic mass is 32.1. The number of hydrogen-bond acceptors (Lipinski definition) is 6. The maximum atomic E-state index is 6.54. The molecule has 0 spiro atoms. The van der Waals surface area contributed by atoms with Gasteiger partial charge in [0.25, 0.3) is 0 Å². The Morgan fingerprint density at radius 3 is 2.13 bits per heavy atom. The summed E-state index contributed by atoms with van der Waals surface area (Å²) in [6, 6.07) is 6.52. The topological polar surface area (TPSA) is 64.3 Å². The minimum absolute atomic E-state index is 0.0535. The number of ether oxygens (including phenoxy) is 1. The minimum Gasteiger partial charge on any atom is -0.485 e. The Morgan fingerprint density at radius 2 is 1.58 bits per heavy atom. The van der Waals surface area contributed by atoms with Gasteiger partial charge in [0, 0.05) is 34.2 Å². The third-order valence-electron chi connectivity index (χ3n) is 8.49. The summed E-state index contributed by atoms with van der Waals surface area (Å²) in [6.45, 7) is 31.7. The Balaban J connectivity index is 1.65. The number of piperidine rings is 1. The molecule has 0 saturated carbocycles. The normalized spacial score (nSPS) is 15.6. The molecule has 0 amide bonds. The van der Waals surface area contributed by atoms with Crippen molar-refractivity contribution in [2.24, 2.45) is 5.41 Å². The van der Waals surface area contributed by atoms with Crippen molar-refractivity contribution in [2.75, 3.05) is 18.8 Å². The molecule has 3 heterocycles. The highest BCUT2D eigenvalue weighted by molar-refractivity contribution is 7.15. The summed E-state index contributed by atoms with van der Waals surface area (Å²) in [5, 5.41) is 1.23. The fourth-order valence-electron chi connectivity index (χ4n) is 6.13. The summed E-state index contributed by atoms with van der Waals surface area (Å²) in [5.41, 5.74) is 13.2. The van der Waals surface area contributed by atoms with E-state index in [-0.39, 0.29) is 21.8 Å². The molecule has 5 nitrogen and oxygen atoms in total. The summed E-state index contributed by atoms with van der Waals surface area (Å²) in [7, 11) is 0. The van der Waals surface area contributed by atoms with Gasteiger partial charge in [-0.1, -0.05) is 53.4 Å². The van der Waals surface area contributed by atoms with Gasteiger partial charge in [-0.15, -0.1) is 11.3 Å². The van der Waals surface area contributed by atoms with Crippen LogP contribution in [-0.2, 0) is 17.4 Å². The standard InChI is InChI=1S/C39H56N4OS/c1-25-33(45-35(42-25)27-15-18-43(19-16-27)39(11,12)13)28-22-31(34(40)41-23-28)44-24-29-20-26(14-17-36(2,3)4)21-30(37(5,6)7)32(29)38(8,9)10/h20-23,27H,15-16,18-19,24H2,1-13H3,(H2,40,41). The number of aryl methyl sites for hydroxylation is 1. The first-order valence-corrected chi connectivity index (χ1v) is 17.3. The Labute approximate surface area is 277 Å². The summed E-state index contributed by atoms with van der Waals surface area (Å²) in [6.07, 6.45) is 4.14. The molecule has 0 aliphatic carbocycles. The van der Waals surface area contributed by atoms with Crippen LogP contribution in [0.2, 0.25) is 0 Å². The van der Waals surface area contributed by atoms with E-state index in [9.17, 15) is 0 Å². The van der Waals surface area contributed by atoms with Crippen LogP contribution in [0.4, 0.5) is 5.82 Å². The molecule has 4 rings (SSSR count). The van der Waals surface area contributed by atoms with Crippen molar-refractivity contribution in [3.8, 4) is 28.0 Å². The Kier molecular flexibility index (Phi) is 9.89. The lowest BCUT2D eigenvalue weighted by Gasteiger charge is -2.40. The monoisotopic (exact) mass is 628 g/mol. The molecule has 0 radical (unpaired) electrons. The van der Waals surface area contributed by atoms with Crippen LogP contribution < -0.4 is 10.5 Å². The van der Waals surface area contributed by atoms with Crippen LogP contribution >= 0.6 is 11.3 Å². The molecule has 0 bridgehead atoms. The van der Waals surface area contributed by atoms with Crippen molar-refractivity contribution in [3.05, 3.63) is 57.4 Å². The fourth-order valence-corrected chi connectivity index (χ4v) is 7.35. The SMILES string of the molecule is Cc1nc(C2CCN(C(C)(C)C)CC2)sc1-c1cnc(N)c(OCc2cc(C#CC(C)(C)C)cc(C(C)(C)C)c2C(C)(C)C)c1. The molecule has 1 saturated heterocycles. The molecule has 1 aromatic carbocycles. The van der Waals surface area contributed by atoms with Crippen LogP contribution in [0.25, 0.3) is 10.4 Å². The Bertz CT molecular complexity index is 1570. The second-order valence-electron chi connectivity index (χ2n) is 16.9. The first-order valence-electron chi connectivity index (χ1n) is 16.5. The van der Waals surface area contributed by atoms with E-state index in [0.29, 0.717) is 24.1 Å². The van der Waals surface area contributed by atoms with Crippen LogP contribution in [0.1, 0.15) is 135 Å². The van der Waals surface area contributed by atoms with Crippen molar-refractivity contribution in [1.82, 2.24) is 14.9 Å². The fraction of sp³-hybridized carbons (Fsp3) is 0.590. The number of hydrogen-bond donors (Lipinski definition) is 1. The summed E-state index contributed by atoms with van der Waals surface area (Å²) >= 11 is 1.80. The van der Waals surface area contributed by atoms with Gasteiger partial charge in [0.2, 0.25) is 0 Å². The third-order valence-corrected chi connectivity index (χ3v) is 9.86. The number of nitrogen functional groups attached to an aromatic ring is 1. The largest absolute Gasteiger partial charge is 0.485 e. The zero-order valence-electron chi connectivity index (χ0n) is 30.2. The first kappa shape index (κ1) is 35.0. The maximum Gasteiger partial charge on any atom is 0.166 e. The molecular formula is C39H56N4OS. The van der Waals surface area contributed by atoms with E-state index in [1.165, 1.54) is 16.1 Å². The summed E-state index contributed by atoms with van der Waals surface area (Å²) < 4.78 is 6.54. The molecule has 244 valence electrons. The van der Waals surface area contributed by atoms with Gasteiger partial charge in [-0.2, -0.15) is 0 Å². The van der Waals surface area contributed by atoms with E-state index in [1.54, 1.807) is 11.3 Å². The molecule has 2 aromatic heterocycles. The quantitative estimate of drug-likeness (QED) is 0.285. The van der Waals surface area contributed by atoms with E-state index < -0.39 is 0 Å². The molecule has 45 heavy (non-hydrogen) atoms. The molecule has 2 N–H and O–H groups in total. The first-order chi connectivity index (χ1) is 20.6. The second kappa shape index (κ2) is 12.7. The number of anilines is 1. The molecule has 3 aromatic rings. The van der Waals surface area contributed by atoms with E-state index in [4.69, 9.17) is 15.5 Å². The van der Waals surface area contributed by atoms with Crippen LogP contribution in [0.3, 0.4) is 0 Å². The van der Waals surface area contributed by atoms with Gasteiger partial charge in [-0.3, -0.25) is 4.90 Å². The van der Waals surface area contributed by atoms with Crippen molar-refractivity contribution >= 4 is 17.2 Å². The molecule has 0 atom stereocenters. The molecule has 1 fully saturated rings. The average Bonchev–Trinajstić information content (AvgIpc) is 3.30. The van der Waals surface area contributed by atoms with Gasteiger partial charge in [0.05, 0.1) is 15.6 Å². The molecular weight excluding hydrogens is 573 g/mol. The lowest BCUT2D eigenvalue weighted by Crippen LogP contribution is -2.45. The van der Waals surface area contributed by atoms with E-state index in [1.807, 2.05) is 12.3 Å². The number of aromatic nitrogens is 2. The van der Waals surface area contributed by atoms with E-state index >= 15 is 0 Å². The molecule has 1 aliphatic rings. The lowest BCUT2D eigenvalue weighted by molar-refractivity contribution is 0.102. The van der Waals surface area contributed by atoms with Crippen molar-refractivity contribution < 1.29 is 4.74 Å². The van der Waals surface area contributed by atoms with Crippen LogP contribution in [0.5, 0.6) is 5.75 Å². The predicted molar refractivity (Wildman–Crippen MR) is 192 cm³/mol. The predicted octanol–water partition coefficient (Wildman–Crippen LogP) is 9.65. The van der Waals surface area contributed by atoms with Crippen LogP contribution in [-0.4, -0.2) is 33.5 Å². The number of nitrogens with two attached hydrogens (primary N) is 1. The van der Waals surface area contributed by atoms with Gasteiger partial charge in [-0.25, -0.2) is 9.97 Å². The van der Waals surface area contributed by atoms with E-state index in [0.717, 1.165) is 53.2 Å². The number of benzene rings is 1. The highest BCUT2D eigenvalue weighted by Crippen LogP contribution is 2.41. The van der Waals surface area contributed by atoms with Gasteiger partial charge in [0.1, 0.15) is 6.61 Å². The average molecular weight is 629 g/mol. The van der Waals surface area contributed by atoms with Crippen molar-refractivity contribution in [3.63, 3.8) is 0 Å².